The Morgan fingerprint density at radius 2 is 1.72 bits per heavy atom. The van der Waals surface area contributed by atoms with Gasteiger partial charge in [-0.15, -0.1) is 31.4 Å². The van der Waals surface area contributed by atoms with Gasteiger partial charge >= 0.3 is 12.1 Å². The predicted molar refractivity (Wildman–Crippen MR) is 184 cm³/mol. The van der Waals surface area contributed by atoms with Gasteiger partial charge in [-0.05, 0) is 66.7 Å². The summed E-state index contributed by atoms with van der Waals surface area (Å²) in [4.78, 5) is 41.6. The minimum absolute atomic E-state index is 0. The van der Waals surface area contributed by atoms with Crippen LogP contribution in [0.1, 0.15) is 56.6 Å². The molecule has 46 heavy (non-hydrogen) atoms. The lowest BCUT2D eigenvalue weighted by atomic mass is 9.88. The molecule has 1 aliphatic heterocycles. The summed E-state index contributed by atoms with van der Waals surface area (Å²) in [6, 6.07) is 16.9. The van der Waals surface area contributed by atoms with Crippen LogP contribution in [0.4, 0.5) is 10.5 Å². The number of nitro groups is 1. The summed E-state index contributed by atoms with van der Waals surface area (Å²) >= 11 is 0. The van der Waals surface area contributed by atoms with Crippen molar-refractivity contribution in [3.63, 3.8) is 0 Å². The first kappa shape index (κ1) is 39.0. The standard InChI is InChI=1S/C34H46N4O6.2ClH/c1-4-16-37(34(41)44-24-26-10-12-30(13-11-26)38(42)43)29-14-17-35(18-15-29)22-28-19-31(36(21-25(2)3)23-33(39)40)20-32(28)27-8-6-5-7-9-27;;/h4-13,25,28-29,31-32H,1,14-24H2,2-3H3,(H,39,40);2*1H. The third-order valence-corrected chi connectivity index (χ3v) is 8.91. The van der Waals surface area contributed by atoms with Crippen LogP contribution in [0, 0.1) is 22.0 Å². The quantitative estimate of drug-likeness (QED) is 0.134. The molecule has 0 radical (unpaired) electrons. The van der Waals surface area contributed by atoms with Crippen molar-refractivity contribution in [1.29, 1.82) is 0 Å². The van der Waals surface area contributed by atoms with Crippen LogP contribution in [-0.2, 0) is 16.1 Å². The normalized spacial score (nSPS) is 20.0. The predicted octanol–water partition coefficient (Wildman–Crippen LogP) is 6.63. The minimum Gasteiger partial charge on any atom is -0.480 e. The van der Waals surface area contributed by atoms with E-state index in [1.807, 2.05) is 6.07 Å². The number of hydrogen-bond donors (Lipinski definition) is 1. The van der Waals surface area contributed by atoms with Crippen LogP contribution in [0.3, 0.4) is 0 Å². The molecular formula is C34H48Cl2N4O6. The molecule has 1 saturated carbocycles. The van der Waals surface area contributed by atoms with Crippen LogP contribution in [-0.4, -0.2) is 88.1 Å². The third-order valence-electron chi connectivity index (χ3n) is 8.91. The van der Waals surface area contributed by atoms with E-state index in [0.717, 1.165) is 51.9 Å². The van der Waals surface area contributed by atoms with Gasteiger partial charge in [0.15, 0.2) is 0 Å². The Morgan fingerprint density at radius 3 is 2.28 bits per heavy atom. The Labute approximate surface area is 284 Å². The van der Waals surface area contributed by atoms with Crippen molar-refractivity contribution in [2.45, 2.75) is 64.1 Å². The lowest BCUT2D eigenvalue weighted by Crippen LogP contribution is -2.48. The summed E-state index contributed by atoms with van der Waals surface area (Å²) in [7, 11) is 0. The largest absolute Gasteiger partial charge is 0.480 e. The zero-order valence-corrected chi connectivity index (χ0v) is 28.4. The Morgan fingerprint density at radius 1 is 1.07 bits per heavy atom. The molecule has 1 amide bonds. The number of carboxylic acid groups (broad SMARTS) is 1. The van der Waals surface area contributed by atoms with Crippen LogP contribution in [0.5, 0.6) is 0 Å². The van der Waals surface area contributed by atoms with E-state index >= 15 is 0 Å². The summed E-state index contributed by atoms with van der Waals surface area (Å²) in [6.45, 7) is 12.1. The SMILES string of the molecule is C=CCN(C(=O)OCc1ccc([N+](=O)[O-])cc1)C1CCN(CC2CC(N(CC(=O)O)CC(C)C)CC2c2ccccc2)CC1.Cl.Cl. The van der Waals surface area contributed by atoms with Gasteiger partial charge in [0.05, 0.1) is 11.5 Å². The van der Waals surface area contributed by atoms with Crippen molar-refractivity contribution < 1.29 is 24.4 Å². The molecule has 254 valence electrons. The van der Waals surface area contributed by atoms with E-state index in [1.54, 1.807) is 23.1 Å². The number of nitro benzene ring substituents is 1. The molecule has 4 rings (SSSR count). The molecule has 0 aromatic heterocycles. The number of likely N-dealkylation sites (tertiary alicyclic amines) is 1. The molecule has 0 spiro atoms. The number of carbonyl (C=O) groups is 2. The number of carbonyl (C=O) groups excluding carboxylic acids is 1. The first-order valence-corrected chi connectivity index (χ1v) is 15.6. The molecule has 1 N–H and O–H groups in total. The molecule has 2 aromatic carbocycles. The molecule has 1 saturated heterocycles. The number of non-ortho nitro benzene ring substituents is 1. The average molecular weight is 680 g/mol. The highest BCUT2D eigenvalue weighted by atomic mass is 35.5. The number of carboxylic acids is 1. The van der Waals surface area contributed by atoms with Gasteiger partial charge in [0.25, 0.3) is 5.69 Å². The van der Waals surface area contributed by atoms with E-state index in [2.05, 4.69) is 54.5 Å². The van der Waals surface area contributed by atoms with Gasteiger partial charge in [0, 0.05) is 56.9 Å². The molecule has 12 heteroatoms. The molecular weight excluding hydrogens is 631 g/mol. The number of hydrogen-bond acceptors (Lipinski definition) is 7. The highest BCUT2D eigenvalue weighted by Gasteiger charge is 2.40. The Kier molecular flexibility index (Phi) is 16.0. The van der Waals surface area contributed by atoms with Crippen molar-refractivity contribution in [3.8, 4) is 0 Å². The molecule has 2 aromatic rings. The van der Waals surface area contributed by atoms with Crippen molar-refractivity contribution in [2.75, 3.05) is 39.3 Å². The van der Waals surface area contributed by atoms with Crippen LogP contribution < -0.4 is 0 Å². The van der Waals surface area contributed by atoms with Gasteiger partial charge in [0.1, 0.15) is 6.61 Å². The summed E-state index contributed by atoms with van der Waals surface area (Å²) < 4.78 is 5.59. The number of ether oxygens (including phenoxy) is 1. The molecule has 3 atom stereocenters. The summed E-state index contributed by atoms with van der Waals surface area (Å²) in [5.41, 5.74) is 2.01. The fourth-order valence-corrected chi connectivity index (χ4v) is 6.89. The lowest BCUT2D eigenvalue weighted by molar-refractivity contribution is -0.384. The zero-order chi connectivity index (χ0) is 31.6. The maximum absolute atomic E-state index is 13.1. The molecule has 10 nitrogen and oxygen atoms in total. The summed E-state index contributed by atoms with van der Waals surface area (Å²) in [5.74, 6) is 0.400. The van der Waals surface area contributed by atoms with Crippen molar-refractivity contribution in [3.05, 3.63) is 88.5 Å². The zero-order valence-electron chi connectivity index (χ0n) is 26.7. The van der Waals surface area contributed by atoms with E-state index in [0.29, 0.717) is 29.9 Å². The molecule has 3 unspecified atom stereocenters. The second-order valence-electron chi connectivity index (χ2n) is 12.6. The third kappa shape index (κ3) is 11.0. The van der Waals surface area contributed by atoms with E-state index in [9.17, 15) is 24.8 Å². The number of benzene rings is 2. The number of amides is 1. The maximum atomic E-state index is 13.1. The molecule has 1 aliphatic carbocycles. The summed E-state index contributed by atoms with van der Waals surface area (Å²) in [6.07, 6.45) is 4.88. The maximum Gasteiger partial charge on any atom is 0.410 e. The van der Waals surface area contributed by atoms with E-state index in [4.69, 9.17) is 4.74 Å². The Hall–Kier alpha value is -3.18. The second kappa shape index (κ2) is 18.8. The molecule has 2 fully saturated rings. The summed E-state index contributed by atoms with van der Waals surface area (Å²) in [5, 5.41) is 20.5. The number of nitrogens with zero attached hydrogens (tertiary/aromatic N) is 4. The number of aliphatic carboxylic acids is 1. The second-order valence-corrected chi connectivity index (χ2v) is 12.6. The first-order chi connectivity index (χ1) is 21.1. The van der Waals surface area contributed by atoms with Crippen molar-refractivity contribution in [1.82, 2.24) is 14.7 Å². The smallest absolute Gasteiger partial charge is 0.410 e. The molecule has 0 bridgehead atoms. The topological polar surface area (TPSA) is 116 Å². The van der Waals surface area contributed by atoms with Gasteiger partial charge in [-0.25, -0.2) is 4.79 Å². The van der Waals surface area contributed by atoms with Gasteiger partial charge in [-0.1, -0.05) is 50.3 Å². The van der Waals surface area contributed by atoms with E-state index in [1.165, 1.54) is 17.7 Å². The molecule has 2 aliphatic rings. The van der Waals surface area contributed by atoms with Gasteiger partial charge in [-0.3, -0.25) is 19.8 Å². The lowest BCUT2D eigenvalue weighted by Gasteiger charge is -2.39. The molecule has 1 heterocycles. The van der Waals surface area contributed by atoms with Crippen molar-refractivity contribution in [2.24, 2.45) is 11.8 Å². The number of halogens is 2. The van der Waals surface area contributed by atoms with Crippen LogP contribution in [0.25, 0.3) is 0 Å². The van der Waals surface area contributed by atoms with Crippen LogP contribution in [0.15, 0.2) is 67.3 Å². The monoisotopic (exact) mass is 678 g/mol. The van der Waals surface area contributed by atoms with Crippen LogP contribution in [0.2, 0.25) is 0 Å². The van der Waals surface area contributed by atoms with Gasteiger partial charge in [0.2, 0.25) is 0 Å². The minimum atomic E-state index is -0.775. The average Bonchev–Trinajstić information content (AvgIpc) is 3.42. The number of piperidine rings is 1. The highest BCUT2D eigenvalue weighted by molar-refractivity contribution is 5.85. The Bertz CT molecular complexity index is 1260. The fourth-order valence-electron chi connectivity index (χ4n) is 6.89. The highest BCUT2D eigenvalue weighted by Crippen LogP contribution is 2.43. The van der Waals surface area contributed by atoms with Crippen molar-refractivity contribution >= 4 is 42.6 Å². The number of rotatable bonds is 14. The van der Waals surface area contributed by atoms with Crippen LogP contribution >= 0.6 is 24.8 Å². The fraction of sp³-hybridized carbons (Fsp3) is 0.529. The van der Waals surface area contributed by atoms with E-state index in [-0.39, 0.29) is 55.7 Å². The Balaban J connectivity index is 0.00000368. The van der Waals surface area contributed by atoms with E-state index < -0.39 is 17.0 Å². The van der Waals surface area contributed by atoms with Gasteiger partial charge < -0.3 is 19.6 Å². The first-order valence-electron chi connectivity index (χ1n) is 15.6. The van der Waals surface area contributed by atoms with Gasteiger partial charge in [-0.2, -0.15) is 0 Å².